The topological polar surface area (TPSA) is 102 Å². The lowest BCUT2D eigenvalue weighted by Crippen LogP contribution is -2.35. The zero-order valence-electron chi connectivity index (χ0n) is 11.4. The number of nitrogens with one attached hydrogen (secondary N) is 1. The average Bonchev–Trinajstić information content (AvgIpc) is 2.37. The Labute approximate surface area is 117 Å². The summed E-state index contributed by atoms with van der Waals surface area (Å²) in [5.41, 5.74) is -0.213. The fraction of sp³-hybridized carbons (Fsp3) is 0.417. The molecule has 1 aromatic rings. The maximum absolute atomic E-state index is 12.1. The van der Waals surface area contributed by atoms with Crippen LogP contribution in [0.15, 0.2) is 23.1 Å². The summed E-state index contributed by atoms with van der Waals surface area (Å²) in [6.45, 7) is 1.85. The van der Waals surface area contributed by atoms with Gasteiger partial charge in [0.25, 0.3) is 0 Å². The third-order valence-electron chi connectivity index (χ3n) is 2.46. The molecule has 20 heavy (non-hydrogen) atoms. The van der Waals surface area contributed by atoms with Crippen molar-refractivity contribution in [1.29, 1.82) is 0 Å². The lowest BCUT2D eigenvalue weighted by atomic mass is 10.2. The maximum atomic E-state index is 12.1. The van der Waals surface area contributed by atoms with Gasteiger partial charge in [-0.1, -0.05) is 0 Å². The molecule has 0 amide bonds. The number of esters is 1. The molecule has 0 fully saturated rings. The van der Waals surface area contributed by atoms with Gasteiger partial charge in [-0.25, -0.2) is 17.9 Å². The molecule has 8 heteroatoms. The zero-order chi connectivity index (χ0) is 15.3. The zero-order valence-corrected chi connectivity index (χ0v) is 12.2. The van der Waals surface area contributed by atoms with E-state index in [1.54, 1.807) is 6.92 Å². The largest absolute Gasteiger partial charge is 0.507 e. The molecule has 0 saturated carbocycles. The predicted molar refractivity (Wildman–Crippen MR) is 71.1 cm³/mol. The van der Waals surface area contributed by atoms with Crippen LogP contribution in [0.1, 0.15) is 17.3 Å². The van der Waals surface area contributed by atoms with E-state index in [0.29, 0.717) is 0 Å². The van der Waals surface area contributed by atoms with E-state index in [1.807, 2.05) is 0 Å². The van der Waals surface area contributed by atoms with Crippen LogP contribution in [0.5, 0.6) is 5.75 Å². The number of methoxy groups -OCH3 is 2. The molecule has 0 radical (unpaired) electrons. The van der Waals surface area contributed by atoms with Gasteiger partial charge in [-0.15, -0.1) is 0 Å². The Morgan fingerprint density at radius 1 is 1.40 bits per heavy atom. The van der Waals surface area contributed by atoms with Gasteiger partial charge in [-0.2, -0.15) is 0 Å². The quantitative estimate of drug-likeness (QED) is 0.742. The lowest BCUT2D eigenvalue weighted by molar-refractivity contribution is 0.0597. The first-order chi connectivity index (χ1) is 9.31. The maximum Gasteiger partial charge on any atom is 0.341 e. The van der Waals surface area contributed by atoms with Crippen molar-refractivity contribution in [2.75, 3.05) is 20.8 Å². The first kappa shape index (κ1) is 16.4. The standard InChI is InChI=1S/C12H17NO6S/c1-8(7-18-2)13-20(16,17)9-4-5-11(14)10(6-9)12(15)19-3/h4-6,8,13-14H,7H2,1-3H3. The van der Waals surface area contributed by atoms with E-state index in [-0.39, 0.29) is 22.8 Å². The van der Waals surface area contributed by atoms with E-state index < -0.39 is 22.0 Å². The van der Waals surface area contributed by atoms with Crippen molar-refractivity contribution in [3.8, 4) is 5.75 Å². The Kier molecular flexibility index (Phi) is 5.49. The van der Waals surface area contributed by atoms with Gasteiger partial charge >= 0.3 is 5.97 Å². The summed E-state index contributed by atoms with van der Waals surface area (Å²) < 4.78 is 35.9. The lowest BCUT2D eigenvalue weighted by Gasteiger charge is -2.14. The Morgan fingerprint density at radius 2 is 2.05 bits per heavy atom. The summed E-state index contributed by atoms with van der Waals surface area (Å²) in [6.07, 6.45) is 0. The molecule has 0 aliphatic carbocycles. The molecular formula is C12H17NO6S. The van der Waals surface area contributed by atoms with Gasteiger partial charge in [0.2, 0.25) is 10.0 Å². The molecule has 0 bridgehead atoms. The molecule has 0 spiro atoms. The van der Waals surface area contributed by atoms with E-state index in [4.69, 9.17) is 4.74 Å². The number of carbonyl (C=O) groups excluding carboxylic acids is 1. The van der Waals surface area contributed by atoms with Gasteiger partial charge in [0.1, 0.15) is 11.3 Å². The van der Waals surface area contributed by atoms with Gasteiger partial charge in [0, 0.05) is 13.2 Å². The van der Waals surface area contributed by atoms with E-state index in [0.717, 1.165) is 19.2 Å². The SMILES string of the molecule is COCC(C)NS(=O)(=O)c1ccc(O)c(C(=O)OC)c1. The van der Waals surface area contributed by atoms with Crippen LogP contribution in [-0.2, 0) is 19.5 Å². The average molecular weight is 303 g/mol. The van der Waals surface area contributed by atoms with E-state index in [9.17, 15) is 18.3 Å². The fourth-order valence-electron chi connectivity index (χ4n) is 1.57. The molecular weight excluding hydrogens is 286 g/mol. The Hall–Kier alpha value is -1.64. The van der Waals surface area contributed by atoms with Crippen LogP contribution in [0.3, 0.4) is 0 Å². The number of aromatic hydroxyl groups is 1. The van der Waals surface area contributed by atoms with Crippen molar-refractivity contribution in [2.45, 2.75) is 17.9 Å². The molecule has 1 unspecified atom stereocenters. The molecule has 7 nitrogen and oxygen atoms in total. The minimum Gasteiger partial charge on any atom is -0.507 e. The number of hydrogen-bond donors (Lipinski definition) is 2. The molecule has 1 atom stereocenters. The predicted octanol–water partition coefficient (Wildman–Crippen LogP) is 0.492. The van der Waals surface area contributed by atoms with Gasteiger partial charge in [-0.05, 0) is 25.1 Å². The Balaban J connectivity index is 3.10. The molecule has 2 N–H and O–H groups in total. The third kappa shape index (κ3) is 3.92. The summed E-state index contributed by atoms with van der Waals surface area (Å²) >= 11 is 0. The van der Waals surface area contributed by atoms with Crippen LogP contribution in [0.25, 0.3) is 0 Å². The normalized spacial score (nSPS) is 12.9. The van der Waals surface area contributed by atoms with Crippen LogP contribution in [0.2, 0.25) is 0 Å². The number of hydrogen-bond acceptors (Lipinski definition) is 6. The summed E-state index contributed by atoms with van der Waals surface area (Å²) in [6, 6.07) is 2.95. The fourth-order valence-corrected chi connectivity index (χ4v) is 2.83. The number of sulfonamides is 1. The molecule has 0 aliphatic rings. The highest BCUT2D eigenvalue weighted by molar-refractivity contribution is 7.89. The van der Waals surface area contributed by atoms with Crippen LogP contribution >= 0.6 is 0 Å². The van der Waals surface area contributed by atoms with Gasteiger partial charge in [0.05, 0.1) is 18.6 Å². The summed E-state index contributed by atoms with van der Waals surface area (Å²) in [5, 5.41) is 9.53. The molecule has 0 heterocycles. The monoisotopic (exact) mass is 303 g/mol. The second kappa shape index (κ2) is 6.69. The number of phenolic OH excluding ortho intramolecular Hbond substituents is 1. The summed E-state index contributed by atoms with van der Waals surface area (Å²) in [7, 11) is -1.21. The smallest absolute Gasteiger partial charge is 0.341 e. The minimum absolute atomic E-state index is 0.140. The second-order valence-electron chi connectivity index (χ2n) is 4.15. The number of ether oxygens (including phenoxy) is 2. The van der Waals surface area contributed by atoms with Gasteiger partial charge in [0.15, 0.2) is 0 Å². The van der Waals surface area contributed by atoms with Crippen LogP contribution < -0.4 is 4.72 Å². The van der Waals surface area contributed by atoms with Crippen LogP contribution in [0.4, 0.5) is 0 Å². The summed E-state index contributed by atoms with van der Waals surface area (Å²) in [5.74, 6) is -1.16. The molecule has 0 aromatic heterocycles. The Morgan fingerprint density at radius 3 is 2.60 bits per heavy atom. The van der Waals surface area contributed by atoms with E-state index in [1.165, 1.54) is 13.2 Å². The number of carbonyl (C=O) groups is 1. The molecule has 1 rings (SSSR count). The third-order valence-corrected chi connectivity index (χ3v) is 4.04. The van der Waals surface area contributed by atoms with Gasteiger partial charge in [-0.3, -0.25) is 0 Å². The molecule has 1 aromatic carbocycles. The molecule has 0 saturated heterocycles. The van der Waals surface area contributed by atoms with Crippen molar-refractivity contribution in [3.05, 3.63) is 23.8 Å². The number of rotatable bonds is 6. The van der Waals surface area contributed by atoms with Crippen molar-refractivity contribution in [2.24, 2.45) is 0 Å². The second-order valence-corrected chi connectivity index (χ2v) is 5.86. The summed E-state index contributed by atoms with van der Waals surface area (Å²) in [4.78, 5) is 11.3. The Bertz CT molecular complexity index is 584. The van der Waals surface area contributed by atoms with E-state index in [2.05, 4.69) is 9.46 Å². The highest BCUT2D eigenvalue weighted by Crippen LogP contribution is 2.22. The highest BCUT2D eigenvalue weighted by atomic mass is 32.2. The van der Waals surface area contributed by atoms with Crippen molar-refractivity contribution in [1.82, 2.24) is 4.72 Å². The van der Waals surface area contributed by atoms with Crippen LogP contribution in [-0.4, -0.2) is 46.4 Å². The molecule has 0 aliphatic heterocycles. The van der Waals surface area contributed by atoms with Crippen molar-refractivity contribution < 1.29 is 27.8 Å². The first-order valence-corrected chi connectivity index (χ1v) is 7.22. The van der Waals surface area contributed by atoms with Crippen molar-refractivity contribution in [3.63, 3.8) is 0 Å². The number of phenols is 1. The van der Waals surface area contributed by atoms with Crippen LogP contribution in [0, 0.1) is 0 Å². The highest BCUT2D eigenvalue weighted by Gasteiger charge is 2.21. The van der Waals surface area contributed by atoms with Gasteiger partial charge < -0.3 is 14.6 Å². The number of benzene rings is 1. The van der Waals surface area contributed by atoms with E-state index >= 15 is 0 Å². The minimum atomic E-state index is -3.81. The van der Waals surface area contributed by atoms with Crippen molar-refractivity contribution >= 4 is 16.0 Å². The first-order valence-electron chi connectivity index (χ1n) is 5.74. The molecule has 112 valence electrons.